The van der Waals surface area contributed by atoms with Crippen molar-refractivity contribution in [3.63, 3.8) is 0 Å². The summed E-state index contributed by atoms with van der Waals surface area (Å²) in [5.41, 5.74) is -0.216. The van der Waals surface area contributed by atoms with Gasteiger partial charge in [-0.05, 0) is 42.0 Å². The lowest BCUT2D eigenvalue weighted by Gasteiger charge is -2.11. The first-order valence-electron chi connectivity index (χ1n) is 8.16. The molecule has 0 aliphatic heterocycles. The van der Waals surface area contributed by atoms with Crippen LogP contribution in [0.5, 0.6) is 0 Å². The van der Waals surface area contributed by atoms with E-state index in [2.05, 4.69) is 5.32 Å². The molecule has 4 nitrogen and oxygen atoms in total. The van der Waals surface area contributed by atoms with Gasteiger partial charge in [0.05, 0.1) is 17.7 Å². The maximum Gasteiger partial charge on any atom is 0.416 e. The van der Waals surface area contributed by atoms with E-state index in [4.69, 9.17) is 11.6 Å². The van der Waals surface area contributed by atoms with Crippen LogP contribution in [0.15, 0.2) is 71.7 Å². The van der Waals surface area contributed by atoms with Crippen LogP contribution in [0.1, 0.15) is 21.5 Å². The number of carbonyl (C=O) groups excluding carboxylic acids is 1. The van der Waals surface area contributed by atoms with Crippen molar-refractivity contribution in [3.05, 3.63) is 98.9 Å². The van der Waals surface area contributed by atoms with E-state index in [9.17, 15) is 22.8 Å². The van der Waals surface area contributed by atoms with Gasteiger partial charge in [0.2, 0.25) is 0 Å². The average molecular weight is 407 g/mol. The number of hydrogen-bond acceptors (Lipinski definition) is 2. The highest BCUT2D eigenvalue weighted by Gasteiger charge is 2.30. The van der Waals surface area contributed by atoms with Gasteiger partial charge in [-0.2, -0.15) is 13.2 Å². The zero-order valence-corrected chi connectivity index (χ0v) is 15.1. The summed E-state index contributed by atoms with van der Waals surface area (Å²) in [6.45, 7) is 0.223. The molecule has 0 atom stereocenters. The van der Waals surface area contributed by atoms with Crippen molar-refractivity contribution < 1.29 is 18.0 Å². The third-order valence-electron chi connectivity index (χ3n) is 3.96. The molecule has 1 N–H and O–H groups in total. The number of anilines is 1. The molecule has 0 spiro atoms. The Morgan fingerprint density at radius 2 is 1.75 bits per heavy atom. The molecule has 144 valence electrons. The minimum atomic E-state index is -4.51. The second kappa shape index (κ2) is 7.90. The largest absolute Gasteiger partial charge is 0.416 e. The summed E-state index contributed by atoms with van der Waals surface area (Å²) in [6, 6.07) is 13.8. The van der Waals surface area contributed by atoms with Gasteiger partial charge < -0.3 is 9.88 Å². The molecule has 2 aromatic carbocycles. The van der Waals surface area contributed by atoms with Crippen molar-refractivity contribution in [2.45, 2.75) is 12.7 Å². The molecule has 0 saturated heterocycles. The minimum absolute atomic E-state index is 0.00952. The highest BCUT2D eigenvalue weighted by atomic mass is 35.5. The number of aromatic nitrogens is 1. The van der Waals surface area contributed by atoms with Crippen LogP contribution in [0.25, 0.3) is 0 Å². The molecule has 28 heavy (non-hydrogen) atoms. The third-order valence-corrected chi connectivity index (χ3v) is 4.21. The lowest BCUT2D eigenvalue weighted by atomic mass is 10.2. The SMILES string of the molecule is O=C(Nc1cccc(C(F)(F)F)c1)c1ccc(=O)n(Cc2ccc(Cl)cc2)c1. The van der Waals surface area contributed by atoms with Gasteiger partial charge in [0.15, 0.2) is 0 Å². The molecule has 1 aromatic heterocycles. The second-order valence-corrected chi connectivity index (χ2v) is 6.48. The second-order valence-electron chi connectivity index (χ2n) is 6.04. The Balaban J connectivity index is 1.81. The summed E-state index contributed by atoms with van der Waals surface area (Å²) in [5.74, 6) is -0.621. The standard InChI is InChI=1S/C20H14ClF3N2O2/c21-16-7-4-13(5-8-16)11-26-12-14(6-9-18(26)27)19(28)25-17-3-1-2-15(10-17)20(22,23)24/h1-10,12H,11H2,(H,25,28). The molecule has 0 radical (unpaired) electrons. The van der Waals surface area contributed by atoms with Crippen molar-refractivity contribution in [3.8, 4) is 0 Å². The number of alkyl halides is 3. The molecule has 1 amide bonds. The van der Waals surface area contributed by atoms with Gasteiger partial charge in [0, 0.05) is 23.0 Å². The number of nitrogens with zero attached hydrogens (tertiary/aromatic N) is 1. The van der Waals surface area contributed by atoms with Gasteiger partial charge in [0.25, 0.3) is 11.5 Å². The smallest absolute Gasteiger partial charge is 0.322 e. The van der Waals surface area contributed by atoms with E-state index in [0.29, 0.717) is 5.02 Å². The molecule has 0 bridgehead atoms. The molecule has 0 fully saturated rings. The number of nitrogens with one attached hydrogen (secondary N) is 1. The number of carbonyl (C=O) groups is 1. The maximum absolute atomic E-state index is 12.8. The number of rotatable bonds is 4. The normalized spacial score (nSPS) is 11.3. The van der Waals surface area contributed by atoms with Gasteiger partial charge >= 0.3 is 6.18 Å². The fraction of sp³-hybridized carbons (Fsp3) is 0.100. The van der Waals surface area contributed by atoms with E-state index in [-0.39, 0.29) is 23.4 Å². The van der Waals surface area contributed by atoms with E-state index in [1.807, 2.05) is 0 Å². The fourth-order valence-corrected chi connectivity index (χ4v) is 2.68. The topological polar surface area (TPSA) is 51.1 Å². The van der Waals surface area contributed by atoms with Crippen molar-refractivity contribution in [1.82, 2.24) is 4.57 Å². The maximum atomic E-state index is 12.8. The van der Waals surface area contributed by atoms with Crippen LogP contribution < -0.4 is 10.9 Å². The Hall–Kier alpha value is -3.06. The van der Waals surface area contributed by atoms with Crippen molar-refractivity contribution in [2.75, 3.05) is 5.32 Å². The number of pyridine rings is 1. The van der Waals surface area contributed by atoms with Crippen LogP contribution in [0.3, 0.4) is 0 Å². The van der Waals surface area contributed by atoms with Crippen LogP contribution in [-0.2, 0) is 12.7 Å². The van der Waals surface area contributed by atoms with Gasteiger partial charge in [-0.25, -0.2) is 0 Å². The number of halogens is 4. The Morgan fingerprint density at radius 3 is 2.43 bits per heavy atom. The van der Waals surface area contributed by atoms with E-state index in [0.717, 1.165) is 17.7 Å². The zero-order chi connectivity index (χ0) is 20.3. The van der Waals surface area contributed by atoms with E-state index >= 15 is 0 Å². The monoisotopic (exact) mass is 406 g/mol. The molecular weight excluding hydrogens is 393 g/mol. The van der Waals surface area contributed by atoms with Gasteiger partial charge in [-0.3, -0.25) is 9.59 Å². The summed E-state index contributed by atoms with van der Waals surface area (Å²) in [7, 11) is 0. The first kappa shape index (κ1) is 19.7. The predicted octanol–water partition coefficient (Wildman–Crippen LogP) is 4.82. The van der Waals surface area contributed by atoms with Gasteiger partial charge in [-0.1, -0.05) is 29.8 Å². The first-order valence-corrected chi connectivity index (χ1v) is 8.54. The number of hydrogen-bond donors (Lipinski definition) is 1. The summed E-state index contributed by atoms with van der Waals surface area (Å²) in [6.07, 6.45) is -3.15. The van der Waals surface area contributed by atoms with Crippen LogP contribution in [0.4, 0.5) is 18.9 Å². The van der Waals surface area contributed by atoms with E-state index < -0.39 is 17.6 Å². The van der Waals surface area contributed by atoms with Crippen molar-refractivity contribution >= 4 is 23.2 Å². The Morgan fingerprint density at radius 1 is 1.04 bits per heavy atom. The predicted molar refractivity (Wildman–Crippen MR) is 101 cm³/mol. The molecule has 1 heterocycles. The quantitative estimate of drug-likeness (QED) is 0.675. The lowest BCUT2D eigenvalue weighted by molar-refractivity contribution is -0.137. The molecule has 0 aliphatic carbocycles. The van der Waals surface area contributed by atoms with Crippen LogP contribution in [0.2, 0.25) is 5.02 Å². The molecule has 0 saturated carbocycles. The third kappa shape index (κ3) is 4.80. The van der Waals surface area contributed by atoms with Gasteiger partial charge in [-0.15, -0.1) is 0 Å². The lowest BCUT2D eigenvalue weighted by Crippen LogP contribution is -2.22. The molecule has 0 aliphatic rings. The molecular formula is C20H14ClF3N2O2. The first-order chi connectivity index (χ1) is 13.2. The highest BCUT2D eigenvalue weighted by Crippen LogP contribution is 2.30. The molecule has 3 rings (SSSR count). The summed E-state index contributed by atoms with van der Waals surface area (Å²) in [5, 5.41) is 2.98. The van der Waals surface area contributed by atoms with E-state index in [1.54, 1.807) is 24.3 Å². The van der Waals surface area contributed by atoms with Crippen LogP contribution in [0, 0.1) is 0 Å². The van der Waals surface area contributed by atoms with Crippen LogP contribution in [-0.4, -0.2) is 10.5 Å². The Labute approximate surface area is 163 Å². The molecule has 3 aromatic rings. The van der Waals surface area contributed by atoms with E-state index in [1.165, 1.54) is 35.0 Å². The molecule has 8 heteroatoms. The van der Waals surface area contributed by atoms with Crippen LogP contribution >= 0.6 is 11.6 Å². The zero-order valence-electron chi connectivity index (χ0n) is 14.3. The Kier molecular flexibility index (Phi) is 5.56. The average Bonchev–Trinajstić information content (AvgIpc) is 2.65. The van der Waals surface area contributed by atoms with Crippen molar-refractivity contribution in [2.24, 2.45) is 0 Å². The highest BCUT2D eigenvalue weighted by molar-refractivity contribution is 6.30. The number of benzene rings is 2. The van der Waals surface area contributed by atoms with Crippen molar-refractivity contribution in [1.29, 1.82) is 0 Å². The summed E-state index contributed by atoms with van der Waals surface area (Å²) < 4.78 is 39.7. The number of amides is 1. The Bertz CT molecular complexity index is 1060. The fourth-order valence-electron chi connectivity index (χ4n) is 2.55. The molecule has 0 unspecified atom stereocenters. The summed E-state index contributed by atoms with van der Waals surface area (Å²) >= 11 is 5.84. The van der Waals surface area contributed by atoms with Gasteiger partial charge in [0.1, 0.15) is 0 Å². The summed E-state index contributed by atoms with van der Waals surface area (Å²) in [4.78, 5) is 24.5. The minimum Gasteiger partial charge on any atom is -0.322 e.